The number of allylic oxidation sites excluding steroid dienone is 1. The van der Waals surface area contributed by atoms with E-state index < -0.39 is 64.0 Å². The molecular weight excluding hydrogens is 508 g/mol. The number of hydrogen-bond donors (Lipinski definition) is 3. The summed E-state index contributed by atoms with van der Waals surface area (Å²) in [5.74, 6) is -2.02. The summed E-state index contributed by atoms with van der Waals surface area (Å²) in [5.41, 5.74) is -5.55. The third kappa shape index (κ3) is 3.48. The number of ketones is 1. The Kier molecular flexibility index (Phi) is 6.04. The number of hydrogen-bond acceptors (Lipinski definition) is 10. The van der Waals surface area contributed by atoms with Crippen LogP contribution in [-0.2, 0) is 33.3 Å². The van der Waals surface area contributed by atoms with Crippen LogP contribution in [0.3, 0.4) is 0 Å². The predicted octanol–water partition coefficient (Wildman–Crippen LogP) is 1.29. The lowest BCUT2D eigenvalue weighted by atomic mass is 9.40. The molecule has 1 spiro atoms. The van der Waals surface area contributed by atoms with Crippen molar-refractivity contribution in [2.75, 3.05) is 13.2 Å². The lowest BCUT2D eigenvalue weighted by Gasteiger charge is -2.71. The van der Waals surface area contributed by atoms with Gasteiger partial charge in [-0.2, -0.15) is 0 Å². The van der Waals surface area contributed by atoms with E-state index in [-0.39, 0.29) is 44.2 Å². The molecule has 8 bridgehead atoms. The van der Waals surface area contributed by atoms with Crippen molar-refractivity contribution >= 4 is 17.7 Å². The summed E-state index contributed by atoms with van der Waals surface area (Å²) in [6.45, 7) is 5.02. The van der Waals surface area contributed by atoms with Gasteiger partial charge in [-0.3, -0.25) is 4.79 Å². The molecule has 7 rings (SSSR count). The van der Waals surface area contributed by atoms with Crippen molar-refractivity contribution in [3.05, 3.63) is 23.8 Å². The quantitative estimate of drug-likeness (QED) is 0.411. The van der Waals surface area contributed by atoms with Crippen molar-refractivity contribution in [2.45, 2.75) is 107 Å². The molecule has 0 amide bonds. The predicted molar refractivity (Wildman–Crippen MR) is 134 cm³/mol. The minimum absolute atomic E-state index is 0.114. The molecular formula is C29H38O10. The van der Waals surface area contributed by atoms with Gasteiger partial charge in [0.1, 0.15) is 24.4 Å². The molecule has 4 aliphatic heterocycles. The second-order valence-corrected chi connectivity index (χ2v) is 12.9. The van der Waals surface area contributed by atoms with E-state index in [2.05, 4.69) is 0 Å². The van der Waals surface area contributed by atoms with Crippen molar-refractivity contribution in [1.29, 1.82) is 0 Å². The fourth-order valence-electron chi connectivity index (χ4n) is 8.85. The van der Waals surface area contributed by atoms with Gasteiger partial charge in [-0.05, 0) is 57.9 Å². The van der Waals surface area contributed by atoms with Gasteiger partial charge >= 0.3 is 11.9 Å². The van der Waals surface area contributed by atoms with Crippen LogP contribution in [0, 0.1) is 16.7 Å². The Labute approximate surface area is 227 Å². The highest BCUT2D eigenvalue weighted by atomic mass is 16.6. The van der Waals surface area contributed by atoms with Crippen LogP contribution in [-0.4, -0.2) is 87.5 Å². The minimum Gasteiger partial charge on any atom is -0.462 e. The first-order chi connectivity index (χ1) is 18.3. The van der Waals surface area contributed by atoms with E-state index in [9.17, 15) is 29.7 Å². The number of cyclic esters (lactones) is 1. The highest BCUT2D eigenvalue weighted by molar-refractivity contribution is 5.88. The summed E-state index contributed by atoms with van der Waals surface area (Å²) < 4.78 is 24.1. The summed E-state index contributed by atoms with van der Waals surface area (Å²) in [4.78, 5) is 38.9. The van der Waals surface area contributed by atoms with Gasteiger partial charge in [0.15, 0.2) is 11.4 Å². The molecule has 0 aromatic rings. The fraction of sp³-hybridized carbons (Fsp3) is 0.759. The molecule has 4 heterocycles. The van der Waals surface area contributed by atoms with E-state index in [0.717, 1.165) is 0 Å². The summed E-state index contributed by atoms with van der Waals surface area (Å²) in [6, 6.07) is 0. The van der Waals surface area contributed by atoms with Crippen LogP contribution in [0.4, 0.5) is 0 Å². The first-order valence-corrected chi connectivity index (χ1v) is 14.0. The van der Waals surface area contributed by atoms with Gasteiger partial charge in [0, 0.05) is 35.3 Å². The maximum Gasteiger partial charge on any atom is 0.330 e. The van der Waals surface area contributed by atoms with Gasteiger partial charge in [0.05, 0.1) is 24.4 Å². The summed E-state index contributed by atoms with van der Waals surface area (Å²) in [6.07, 6.45) is 3.04. The van der Waals surface area contributed by atoms with Gasteiger partial charge in [-0.15, -0.1) is 0 Å². The Morgan fingerprint density at radius 1 is 1.08 bits per heavy atom. The Balaban J connectivity index is 1.42. The third-order valence-electron chi connectivity index (χ3n) is 11.3. The number of Topliss-reactive ketones (excluding diaryl/α,β-unsaturated/α-hetero) is 1. The number of carbonyl (C=O) groups excluding carboxylic acids is 3. The molecule has 10 unspecified atom stereocenters. The van der Waals surface area contributed by atoms with E-state index in [0.29, 0.717) is 31.3 Å². The van der Waals surface area contributed by atoms with Crippen LogP contribution < -0.4 is 0 Å². The van der Waals surface area contributed by atoms with Crippen LogP contribution in [0.15, 0.2) is 23.8 Å². The van der Waals surface area contributed by atoms with Crippen LogP contribution in [0.5, 0.6) is 0 Å². The minimum atomic E-state index is -1.53. The van der Waals surface area contributed by atoms with Crippen LogP contribution in [0.1, 0.15) is 65.7 Å². The Morgan fingerprint density at radius 3 is 2.59 bits per heavy atom. The van der Waals surface area contributed by atoms with E-state index in [1.54, 1.807) is 13.0 Å². The molecule has 39 heavy (non-hydrogen) atoms. The van der Waals surface area contributed by atoms with Gasteiger partial charge in [0.2, 0.25) is 0 Å². The van der Waals surface area contributed by atoms with Crippen molar-refractivity contribution in [3.63, 3.8) is 0 Å². The molecule has 214 valence electrons. The van der Waals surface area contributed by atoms with E-state index >= 15 is 0 Å². The van der Waals surface area contributed by atoms with E-state index in [1.807, 2.05) is 6.92 Å². The molecule has 3 aliphatic carbocycles. The first kappa shape index (κ1) is 27.1. The zero-order chi connectivity index (χ0) is 28.0. The summed E-state index contributed by atoms with van der Waals surface area (Å²) in [7, 11) is 0. The van der Waals surface area contributed by atoms with Gasteiger partial charge in [-0.25, -0.2) is 9.59 Å². The molecule has 10 nitrogen and oxygen atoms in total. The topological polar surface area (TPSA) is 149 Å². The number of aliphatic hydroxyl groups excluding tert-OH is 1. The van der Waals surface area contributed by atoms with Crippen LogP contribution >= 0.6 is 0 Å². The molecule has 3 N–H and O–H groups in total. The molecule has 0 aromatic heterocycles. The van der Waals surface area contributed by atoms with Crippen LogP contribution in [0.2, 0.25) is 0 Å². The molecule has 10 heteroatoms. The maximum atomic E-state index is 13.2. The Bertz CT molecular complexity index is 1160. The average Bonchev–Trinajstić information content (AvgIpc) is 3.02. The summed E-state index contributed by atoms with van der Waals surface area (Å²) in [5, 5.41) is 34.6. The number of rotatable bonds is 1. The standard InChI is InChI=1S/C29H38O10/c1-16(30)28-8-5-4-6-21(31)38-19-13-20-29(35)14-18-24(39-20)27(26(19,29)3,10-9-25(18,2)34)15-36-22(32)12-17(23(28)33)7-11-37-28/h4,6,12,18-20,23-24,33-35H,5,7-11,13-15H2,1-3H3/b6-4+,17-12+. The number of carbonyl (C=O) groups is 3. The molecule has 10 atom stereocenters. The molecule has 6 fully saturated rings. The normalized spacial score (nSPS) is 53.3. The van der Waals surface area contributed by atoms with Crippen molar-refractivity contribution in [1.82, 2.24) is 0 Å². The third-order valence-corrected chi connectivity index (χ3v) is 11.3. The Morgan fingerprint density at radius 2 is 1.85 bits per heavy atom. The average molecular weight is 547 g/mol. The smallest absolute Gasteiger partial charge is 0.330 e. The van der Waals surface area contributed by atoms with Gasteiger partial charge in [0.25, 0.3) is 0 Å². The highest BCUT2D eigenvalue weighted by Crippen LogP contribution is 2.74. The van der Waals surface area contributed by atoms with Crippen molar-refractivity contribution in [3.8, 4) is 0 Å². The molecule has 0 aromatic carbocycles. The maximum absolute atomic E-state index is 13.2. The largest absolute Gasteiger partial charge is 0.462 e. The zero-order valence-electron chi connectivity index (χ0n) is 22.7. The number of ether oxygens (including phenoxy) is 4. The molecule has 7 aliphatic rings. The molecule has 0 radical (unpaired) electrons. The van der Waals surface area contributed by atoms with E-state index in [1.165, 1.54) is 19.1 Å². The number of esters is 2. The lowest BCUT2D eigenvalue weighted by Crippen LogP contribution is -2.80. The second-order valence-electron chi connectivity index (χ2n) is 12.9. The lowest BCUT2D eigenvalue weighted by molar-refractivity contribution is -0.377. The highest BCUT2D eigenvalue weighted by Gasteiger charge is 2.83. The van der Waals surface area contributed by atoms with Crippen molar-refractivity contribution < 1.29 is 48.7 Å². The molecule has 3 saturated carbocycles. The number of aliphatic hydroxyl groups is 3. The molecule has 3 saturated heterocycles. The fourth-order valence-corrected chi connectivity index (χ4v) is 8.85. The van der Waals surface area contributed by atoms with Crippen molar-refractivity contribution in [2.24, 2.45) is 16.7 Å². The summed E-state index contributed by atoms with van der Waals surface area (Å²) >= 11 is 0. The van der Waals surface area contributed by atoms with Gasteiger partial charge < -0.3 is 34.3 Å². The number of fused-ring (bicyclic) bond motifs is 2. The monoisotopic (exact) mass is 546 g/mol. The van der Waals surface area contributed by atoms with Gasteiger partial charge in [-0.1, -0.05) is 13.0 Å². The SMILES string of the molecule is CC(=O)C12CC/C=C/C(=O)OC3CC4OC5C6CC4(O)C3(C)C5(CCC6(C)O)COC(=O)/C=C(\CCO1)C2O. The first-order valence-electron chi connectivity index (χ1n) is 14.0. The zero-order valence-corrected chi connectivity index (χ0v) is 22.7. The van der Waals surface area contributed by atoms with Crippen LogP contribution in [0.25, 0.3) is 0 Å². The van der Waals surface area contributed by atoms with E-state index in [4.69, 9.17) is 18.9 Å². The Hall–Kier alpha value is -2.11. The second kappa shape index (κ2) is 8.69.